The fraction of sp³-hybridized carbons (Fsp3) is 0.308. The summed E-state index contributed by atoms with van der Waals surface area (Å²) in [6.45, 7) is 1.49. The second kappa shape index (κ2) is 4.38. The van der Waals surface area contributed by atoms with E-state index in [0.29, 0.717) is 11.0 Å². The molecule has 1 aromatic carbocycles. The van der Waals surface area contributed by atoms with Gasteiger partial charge < -0.3 is 9.32 Å². The third-order valence-electron chi connectivity index (χ3n) is 3.31. The lowest BCUT2D eigenvalue weighted by molar-refractivity contribution is -0.384. The molecule has 0 aliphatic carbocycles. The molecule has 1 fully saturated rings. The molecule has 0 saturated carbocycles. The van der Waals surface area contributed by atoms with Crippen molar-refractivity contribution in [2.75, 3.05) is 13.1 Å². The number of nitro benzene ring substituents is 1. The fourth-order valence-corrected chi connectivity index (χ4v) is 2.33. The quantitative estimate of drug-likeness (QED) is 0.614. The van der Waals surface area contributed by atoms with Gasteiger partial charge in [-0.25, -0.2) is 0 Å². The molecule has 1 saturated heterocycles. The largest absolute Gasteiger partial charge is 0.451 e. The molecular formula is C13H12N2O4. The molecule has 0 bridgehead atoms. The van der Waals surface area contributed by atoms with Crippen molar-refractivity contribution in [3.05, 3.63) is 40.1 Å². The minimum Gasteiger partial charge on any atom is -0.451 e. The van der Waals surface area contributed by atoms with Crippen LogP contribution in [0.25, 0.3) is 11.0 Å². The van der Waals surface area contributed by atoms with Crippen LogP contribution in [0.2, 0.25) is 0 Å². The molecule has 1 aromatic heterocycles. The lowest BCUT2D eigenvalue weighted by Gasteiger charge is -2.12. The lowest BCUT2D eigenvalue weighted by atomic mass is 10.2. The zero-order chi connectivity index (χ0) is 13.4. The van der Waals surface area contributed by atoms with Gasteiger partial charge >= 0.3 is 0 Å². The molecule has 0 N–H and O–H groups in total. The van der Waals surface area contributed by atoms with Crippen LogP contribution in [0.4, 0.5) is 5.69 Å². The zero-order valence-corrected chi connectivity index (χ0v) is 10.2. The number of hydrogen-bond acceptors (Lipinski definition) is 4. The summed E-state index contributed by atoms with van der Waals surface area (Å²) in [6, 6.07) is 5.88. The third kappa shape index (κ3) is 2.05. The minimum absolute atomic E-state index is 0.00604. The van der Waals surface area contributed by atoms with Gasteiger partial charge in [0.2, 0.25) is 0 Å². The van der Waals surface area contributed by atoms with Crippen molar-refractivity contribution in [3.63, 3.8) is 0 Å². The maximum atomic E-state index is 12.1. The number of non-ortho nitro benzene ring substituents is 1. The first kappa shape index (κ1) is 11.7. The highest BCUT2D eigenvalue weighted by Gasteiger charge is 2.23. The summed E-state index contributed by atoms with van der Waals surface area (Å²) in [4.78, 5) is 24.1. The second-order valence-electron chi connectivity index (χ2n) is 4.59. The summed E-state index contributed by atoms with van der Waals surface area (Å²) >= 11 is 0. The van der Waals surface area contributed by atoms with Crippen molar-refractivity contribution in [3.8, 4) is 0 Å². The molecule has 0 atom stereocenters. The van der Waals surface area contributed by atoms with E-state index in [9.17, 15) is 14.9 Å². The zero-order valence-electron chi connectivity index (χ0n) is 10.2. The van der Waals surface area contributed by atoms with Gasteiger partial charge in [0.05, 0.1) is 4.92 Å². The minimum atomic E-state index is -0.464. The Kier molecular flexibility index (Phi) is 2.70. The van der Waals surface area contributed by atoms with Crippen molar-refractivity contribution < 1.29 is 14.1 Å². The molecule has 6 heteroatoms. The molecule has 1 amide bonds. The van der Waals surface area contributed by atoms with Crippen molar-refractivity contribution in [1.29, 1.82) is 0 Å². The summed E-state index contributed by atoms with van der Waals surface area (Å²) in [7, 11) is 0. The highest BCUT2D eigenvalue weighted by Crippen LogP contribution is 2.25. The van der Waals surface area contributed by atoms with Crippen LogP contribution in [0.15, 0.2) is 28.7 Å². The number of carbonyl (C=O) groups is 1. The SMILES string of the molecule is O=C(c1cc2cc([N+](=O)[O-])ccc2o1)N1CCCC1. The van der Waals surface area contributed by atoms with E-state index < -0.39 is 4.92 Å². The van der Waals surface area contributed by atoms with Gasteiger partial charge in [-0.1, -0.05) is 0 Å². The van der Waals surface area contributed by atoms with E-state index in [0.717, 1.165) is 25.9 Å². The van der Waals surface area contributed by atoms with Crippen LogP contribution in [0.1, 0.15) is 23.4 Å². The molecule has 3 rings (SSSR count). The Morgan fingerprint density at radius 3 is 2.68 bits per heavy atom. The number of amides is 1. The Morgan fingerprint density at radius 2 is 2.00 bits per heavy atom. The van der Waals surface area contributed by atoms with Crippen LogP contribution >= 0.6 is 0 Å². The Morgan fingerprint density at radius 1 is 1.26 bits per heavy atom. The number of fused-ring (bicyclic) bond motifs is 1. The van der Waals surface area contributed by atoms with Gasteiger partial charge in [-0.2, -0.15) is 0 Å². The Bertz CT molecular complexity index is 656. The van der Waals surface area contributed by atoms with Gasteiger partial charge in [0.1, 0.15) is 5.58 Å². The second-order valence-corrected chi connectivity index (χ2v) is 4.59. The van der Waals surface area contributed by atoms with Gasteiger partial charge in [-0.3, -0.25) is 14.9 Å². The molecule has 0 unspecified atom stereocenters. The highest BCUT2D eigenvalue weighted by molar-refractivity contribution is 5.96. The molecule has 6 nitrogen and oxygen atoms in total. The molecule has 0 spiro atoms. The first-order valence-corrected chi connectivity index (χ1v) is 6.12. The summed E-state index contributed by atoms with van der Waals surface area (Å²) in [5.41, 5.74) is 0.488. The lowest BCUT2D eigenvalue weighted by Crippen LogP contribution is -2.27. The molecule has 2 aromatic rings. The van der Waals surface area contributed by atoms with Crippen molar-refractivity contribution in [2.24, 2.45) is 0 Å². The average Bonchev–Trinajstić information content (AvgIpc) is 3.06. The Labute approximate surface area is 108 Å². The number of rotatable bonds is 2. The first-order chi connectivity index (χ1) is 9.15. The van der Waals surface area contributed by atoms with Gasteiger partial charge in [-0.05, 0) is 25.0 Å². The Hall–Kier alpha value is -2.37. The maximum absolute atomic E-state index is 12.1. The first-order valence-electron chi connectivity index (χ1n) is 6.12. The van der Waals surface area contributed by atoms with Crippen LogP contribution in [-0.2, 0) is 0 Å². The standard InChI is InChI=1S/C13H12N2O4/c16-13(14-5-1-2-6-14)12-8-9-7-10(15(17)18)3-4-11(9)19-12/h3-4,7-8H,1-2,5-6H2. The van der Waals surface area contributed by atoms with E-state index in [1.807, 2.05) is 0 Å². The predicted molar refractivity (Wildman–Crippen MR) is 68.0 cm³/mol. The summed E-state index contributed by atoms with van der Waals surface area (Å²) in [5.74, 6) is 0.105. The van der Waals surface area contributed by atoms with E-state index in [1.165, 1.54) is 18.2 Å². The highest BCUT2D eigenvalue weighted by atomic mass is 16.6. The van der Waals surface area contributed by atoms with Gasteiger partial charge in [0, 0.05) is 30.6 Å². The number of hydrogen-bond donors (Lipinski definition) is 0. The summed E-state index contributed by atoms with van der Waals surface area (Å²) in [6.07, 6.45) is 2.02. The fourth-order valence-electron chi connectivity index (χ4n) is 2.33. The molecule has 0 radical (unpaired) electrons. The van der Waals surface area contributed by atoms with E-state index in [1.54, 1.807) is 11.0 Å². The average molecular weight is 260 g/mol. The van der Waals surface area contributed by atoms with Gasteiger partial charge in [0.15, 0.2) is 5.76 Å². The molecule has 19 heavy (non-hydrogen) atoms. The van der Waals surface area contributed by atoms with Gasteiger partial charge in [-0.15, -0.1) is 0 Å². The van der Waals surface area contributed by atoms with Crippen LogP contribution in [0, 0.1) is 10.1 Å². The summed E-state index contributed by atoms with van der Waals surface area (Å²) in [5, 5.41) is 11.3. The van der Waals surface area contributed by atoms with E-state index in [4.69, 9.17) is 4.42 Å². The predicted octanol–water partition coefficient (Wildman–Crippen LogP) is 2.58. The number of benzene rings is 1. The topological polar surface area (TPSA) is 76.6 Å². The normalized spacial score (nSPS) is 15.1. The van der Waals surface area contributed by atoms with E-state index >= 15 is 0 Å². The van der Waals surface area contributed by atoms with Crippen LogP contribution < -0.4 is 0 Å². The monoisotopic (exact) mass is 260 g/mol. The van der Waals surface area contributed by atoms with Crippen LogP contribution in [-0.4, -0.2) is 28.8 Å². The molecule has 2 heterocycles. The van der Waals surface area contributed by atoms with E-state index in [-0.39, 0.29) is 17.4 Å². The smallest absolute Gasteiger partial charge is 0.289 e. The van der Waals surface area contributed by atoms with Crippen molar-refractivity contribution >= 4 is 22.6 Å². The molecule has 1 aliphatic heterocycles. The number of carbonyl (C=O) groups excluding carboxylic acids is 1. The summed E-state index contributed by atoms with van der Waals surface area (Å²) < 4.78 is 5.46. The third-order valence-corrected chi connectivity index (χ3v) is 3.31. The Balaban J connectivity index is 1.96. The van der Waals surface area contributed by atoms with Crippen LogP contribution in [0.3, 0.4) is 0 Å². The molecule has 1 aliphatic rings. The van der Waals surface area contributed by atoms with E-state index in [2.05, 4.69) is 0 Å². The molecular weight excluding hydrogens is 248 g/mol. The number of likely N-dealkylation sites (tertiary alicyclic amines) is 1. The number of nitrogens with zero attached hydrogens (tertiary/aromatic N) is 2. The number of nitro groups is 1. The molecule has 98 valence electrons. The van der Waals surface area contributed by atoms with Crippen LogP contribution in [0.5, 0.6) is 0 Å². The maximum Gasteiger partial charge on any atom is 0.289 e. The number of furan rings is 1. The van der Waals surface area contributed by atoms with Gasteiger partial charge in [0.25, 0.3) is 11.6 Å². The van der Waals surface area contributed by atoms with Crippen molar-refractivity contribution in [1.82, 2.24) is 4.90 Å². The van der Waals surface area contributed by atoms with Crippen molar-refractivity contribution in [2.45, 2.75) is 12.8 Å².